The molecule has 29 heavy (non-hydrogen) atoms. The van der Waals surface area contributed by atoms with Crippen molar-refractivity contribution in [3.8, 4) is 11.6 Å². The van der Waals surface area contributed by atoms with Crippen LogP contribution in [-0.2, 0) is 0 Å². The average molecular weight is 393 g/mol. The number of amides is 1. The fraction of sp³-hybridized carbons (Fsp3) is 0.150. The van der Waals surface area contributed by atoms with Crippen molar-refractivity contribution >= 4 is 17.4 Å². The molecule has 0 aliphatic heterocycles. The molecule has 0 unspecified atom stereocenters. The van der Waals surface area contributed by atoms with Crippen molar-refractivity contribution in [2.24, 2.45) is 0 Å². The summed E-state index contributed by atoms with van der Waals surface area (Å²) in [5.74, 6) is -0.149. The van der Waals surface area contributed by atoms with Gasteiger partial charge >= 0.3 is 11.6 Å². The number of ether oxygens (including phenoxy) is 1. The van der Waals surface area contributed by atoms with Gasteiger partial charge in [-0.05, 0) is 35.7 Å². The van der Waals surface area contributed by atoms with E-state index in [4.69, 9.17) is 4.74 Å². The Hall–Kier alpha value is -4.01. The second-order valence-electron chi connectivity index (χ2n) is 6.40. The van der Waals surface area contributed by atoms with Crippen molar-refractivity contribution in [2.45, 2.75) is 19.8 Å². The van der Waals surface area contributed by atoms with E-state index in [2.05, 4.69) is 34.7 Å². The summed E-state index contributed by atoms with van der Waals surface area (Å²) in [5, 5.41) is 11.6. The van der Waals surface area contributed by atoms with Crippen molar-refractivity contribution in [3.63, 3.8) is 0 Å². The Morgan fingerprint density at radius 1 is 1.07 bits per heavy atom. The number of anilines is 1. The summed E-state index contributed by atoms with van der Waals surface area (Å²) in [6.45, 7) is 4.12. The van der Waals surface area contributed by atoms with Crippen molar-refractivity contribution < 1.29 is 14.5 Å². The summed E-state index contributed by atoms with van der Waals surface area (Å²) in [6, 6.07) is 15.6. The molecule has 0 fully saturated rings. The molecule has 1 amide bonds. The standard InChI is InChI=1S/C20H19N5O4/c1-13(2)14-8-10-16(11-9-14)29-20-17(25(27)28)18(21-12-22-20)23-24-19(26)15-6-4-3-5-7-15/h3-13H,1-2H3,(H,24,26)(H,21,22,23). The third-order valence-electron chi connectivity index (χ3n) is 4.06. The molecule has 9 heteroatoms. The molecular formula is C20H19N5O4. The minimum Gasteiger partial charge on any atom is -0.434 e. The van der Waals surface area contributed by atoms with E-state index in [1.165, 1.54) is 0 Å². The number of benzene rings is 2. The van der Waals surface area contributed by atoms with Gasteiger partial charge in [-0.1, -0.05) is 44.2 Å². The summed E-state index contributed by atoms with van der Waals surface area (Å²) in [7, 11) is 0. The molecule has 0 saturated heterocycles. The Morgan fingerprint density at radius 3 is 2.38 bits per heavy atom. The number of aromatic nitrogens is 2. The minimum absolute atomic E-state index is 0.192. The summed E-state index contributed by atoms with van der Waals surface area (Å²) in [5.41, 5.74) is 5.86. The van der Waals surface area contributed by atoms with Crippen LogP contribution in [0.3, 0.4) is 0 Å². The molecule has 3 rings (SSSR count). The van der Waals surface area contributed by atoms with Crippen LogP contribution in [0, 0.1) is 10.1 Å². The smallest absolute Gasteiger partial charge is 0.374 e. The van der Waals surface area contributed by atoms with E-state index < -0.39 is 16.5 Å². The Labute approximate surface area is 166 Å². The van der Waals surface area contributed by atoms with E-state index in [0.29, 0.717) is 17.2 Å². The lowest BCUT2D eigenvalue weighted by atomic mass is 10.0. The summed E-state index contributed by atoms with van der Waals surface area (Å²) < 4.78 is 5.59. The van der Waals surface area contributed by atoms with Crippen LogP contribution in [0.15, 0.2) is 60.9 Å². The van der Waals surface area contributed by atoms with Crippen LogP contribution in [0.4, 0.5) is 11.5 Å². The van der Waals surface area contributed by atoms with Crippen molar-refractivity contribution in [1.82, 2.24) is 15.4 Å². The van der Waals surface area contributed by atoms with Gasteiger partial charge in [0.1, 0.15) is 12.1 Å². The summed E-state index contributed by atoms with van der Waals surface area (Å²) in [6.07, 6.45) is 1.11. The first-order valence-electron chi connectivity index (χ1n) is 8.84. The Morgan fingerprint density at radius 2 is 1.76 bits per heavy atom. The lowest BCUT2D eigenvalue weighted by Crippen LogP contribution is -2.30. The third kappa shape index (κ3) is 4.83. The van der Waals surface area contributed by atoms with Gasteiger partial charge in [0.15, 0.2) is 0 Å². The van der Waals surface area contributed by atoms with Crippen molar-refractivity contribution in [2.75, 3.05) is 5.43 Å². The highest BCUT2D eigenvalue weighted by Gasteiger charge is 2.25. The quantitative estimate of drug-likeness (QED) is 0.459. The number of hydrogen-bond donors (Lipinski definition) is 2. The van der Waals surface area contributed by atoms with Gasteiger partial charge < -0.3 is 4.74 Å². The number of hydrogen-bond acceptors (Lipinski definition) is 7. The highest BCUT2D eigenvalue weighted by molar-refractivity contribution is 5.94. The van der Waals surface area contributed by atoms with Gasteiger partial charge in [0.05, 0.1) is 4.92 Å². The van der Waals surface area contributed by atoms with Gasteiger partial charge in [-0.25, -0.2) is 4.98 Å². The number of nitrogens with one attached hydrogen (secondary N) is 2. The Kier molecular flexibility index (Phi) is 5.98. The van der Waals surface area contributed by atoms with Crippen LogP contribution < -0.4 is 15.6 Å². The molecule has 2 N–H and O–H groups in total. The lowest BCUT2D eigenvalue weighted by molar-refractivity contribution is -0.385. The predicted molar refractivity (Wildman–Crippen MR) is 107 cm³/mol. The molecule has 2 aromatic carbocycles. The lowest BCUT2D eigenvalue weighted by Gasteiger charge is -2.11. The zero-order chi connectivity index (χ0) is 20.8. The molecule has 0 atom stereocenters. The Bertz CT molecular complexity index is 1010. The van der Waals surface area contributed by atoms with E-state index in [0.717, 1.165) is 11.9 Å². The molecule has 0 aliphatic rings. The van der Waals surface area contributed by atoms with Gasteiger partial charge in [-0.3, -0.25) is 25.8 Å². The first-order valence-corrected chi connectivity index (χ1v) is 8.84. The minimum atomic E-state index is -0.672. The molecule has 0 radical (unpaired) electrons. The van der Waals surface area contributed by atoms with Crippen molar-refractivity contribution in [3.05, 3.63) is 82.2 Å². The monoisotopic (exact) mass is 393 g/mol. The fourth-order valence-corrected chi connectivity index (χ4v) is 2.50. The maximum atomic E-state index is 12.1. The van der Waals surface area contributed by atoms with E-state index in [9.17, 15) is 14.9 Å². The molecule has 3 aromatic rings. The molecule has 9 nitrogen and oxygen atoms in total. The number of hydrazine groups is 1. The molecular weight excluding hydrogens is 374 g/mol. The van der Waals surface area contributed by atoms with Gasteiger partial charge in [0.25, 0.3) is 5.91 Å². The predicted octanol–water partition coefficient (Wildman–Crippen LogP) is 4.06. The van der Waals surface area contributed by atoms with Crippen LogP contribution in [-0.4, -0.2) is 20.8 Å². The van der Waals surface area contributed by atoms with E-state index >= 15 is 0 Å². The number of carbonyl (C=O) groups excluding carboxylic acids is 1. The van der Waals surface area contributed by atoms with E-state index in [1.54, 1.807) is 42.5 Å². The first kappa shape index (κ1) is 19.7. The largest absolute Gasteiger partial charge is 0.434 e. The molecule has 0 bridgehead atoms. The SMILES string of the molecule is CC(C)c1ccc(Oc2ncnc(NNC(=O)c3ccccc3)c2[N+](=O)[O-])cc1. The third-order valence-corrected chi connectivity index (χ3v) is 4.06. The van der Waals surface area contributed by atoms with E-state index in [-0.39, 0.29) is 11.7 Å². The maximum absolute atomic E-state index is 12.1. The molecule has 0 spiro atoms. The number of rotatable bonds is 7. The summed E-state index contributed by atoms with van der Waals surface area (Å²) in [4.78, 5) is 30.8. The second kappa shape index (κ2) is 8.79. The van der Waals surface area contributed by atoms with Crippen LogP contribution in [0.2, 0.25) is 0 Å². The highest BCUT2D eigenvalue weighted by Crippen LogP contribution is 2.34. The fourth-order valence-electron chi connectivity index (χ4n) is 2.50. The van der Waals surface area contributed by atoms with Crippen LogP contribution >= 0.6 is 0 Å². The molecule has 0 saturated carbocycles. The van der Waals surface area contributed by atoms with Gasteiger partial charge in [0.2, 0.25) is 5.82 Å². The number of nitro groups is 1. The van der Waals surface area contributed by atoms with Gasteiger partial charge in [-0.2, -0.15) is 4.98 Å². The number of carbonyl (C=O) groups is 1. The molecule has 148 valence electrons. The maximum Gasteiger partial charge on any atom is 0.374 e. The zero-order valence-electron chi connectivity index (χ0n) is 15.8. The first-order chi connectivity index (χ1) is 14.0. The number of nitrogens with zero attached hydrogens (tertiary/aromatic N) is 3. The van der Waals surface area contributed by atoms with Gasteiger partial charge in [0, 0.05) is 5.56 Å². The Balaban J connectivity index is 1.80. The van der Waals surface area contributed by atoms with Gasteiger partial charge in [-0.15, -0.1) is 0 Å². The molecule has 0 aliphatic carbocycles. The highest BCUT2D eigenvalue weighted by atomic mass is 16.6. The van der Waals surface area contributed by atoms with E-state index in [1.807, 2.05) is 12.1 Å². The summed E-state index contributed by atoms with van der Waals surface area (Å²) >= 11 is 0. The second-order valence-corrected chi connectivity index (χ2v) is 6.40. The van der Waals surface area contributed by atoms with Crippen LogP contribution in [0.5, 0.6) is 11.6 Å². The van der Waals surface area contributed by atoms with Crippen LogP contribution in [0.25, 0.3) is 0 Å². The normalized spacial score (nSPS) is 10.4. The molecule has 1 heterocycles. The van der Waals surface area contributed by atoms with Crippen LogP contribution in [0.1, 0.15) is 35.7 Å². The zero-order valence-corrected chi connectivity index (χ0v) is 15.8. The van der Waals surface area contributed by atoms with Crippen molar-refractivity contribution in [1.29, 1.82) is 0 Å². The topological polar surface area (TPSA) is 119 Å². The average Bonchev–Trinajstić information content (AvgIpc) is 2.73. The molecule has 1 aromatic heterocycles.